The minimum atomic E-state index is -1.04. The number of aromatic carboxylic acids is 1. The summed E-state index contributed by atoms with van der Waals surface area (Å²) in [5.74, 6) is -2.52. The number of nitrogens with one attached hydrogen (secondary N) is 1. The minimum absolute atomic E-state index is 0.0895. The lowest BCUT2D eigenvalue weighted by atomic mass is 10.1. The number of carboxylic acids is 1. The first-order valence-corrected chi connectivity index (χ1v) is 10.9. The molecule has 2 amide bonds. The van der Waals surface area contributed by atoms with Crippen molar-refractivity contribution in [2.45, 2.75) is 6.61 Å². The Hall–Kier alpha value is -4.08. The molecule has 0 aromatic heterocycles. The fourth-order valence-corrected chi connectivity index (χ4v) is 3.85. The first-order chi connectivity index (χ1) is 16.7. The molecular weight excluding hydrogens is 495 g/mol. The highest BCUT2D eigenvalue weighted by atomic mass is 35.5. The van der Waals surface area contributed by atoms with Gasteiger partial charge >= 0.3 is 5.97 Å². The number of nitrogens with zero attached hydrogens (tertiary/aromatic N) is 1. The van der Waals surface area contributed by atoms with Gasteiger partial charge in [-0.3, -0.25) is 19.8 Å². The van der Waals surface area contributed by atoms with Crippen LogP contribution in [0.15, 0.2) is 72.3 Å². The van der Waals surface area contributed by atoms with Crippen LogP contribution in [-0.4, -0.2) is 28.0 Å². The number of ether oxygens (including phenoxy) is 1. The molecule has 1 fully saturated rings. The summed E-state index contributed by atoms with van der Waals surface area (Å²) < 4.78 is 19.0. The second-order valence-electron chi connectivity index (χ2n) is 7.42. The van der Waals surface area contributed by atoms with E-state index in [-0.39, 0.29) is 27.9 Å². The van der Waals surface area contributed by atoms with E-state index < -0.39 is 23.6 Å². The lowest BCUT2D eigenvalue weighted by Gasteiger charge is -2.28. The van der Waals surface area contributed by atoms with E-state index in [1.807, 2.05) is 0 Å². The molecule has 0 saturated carbocycles. The zero-order chi connectivity index (χ0) is 25.1. The summed E-state index contributed by atoms with van der Waals surface area (Å²) in [5.41, 5.74) is 1.37. The van der Waals surface area contributed by atoms with E-state index in [1.54, 1.807) is 24.3 Å². The van der Waals surface area contributed by atoms with Gasteiger partial charge in [0.05, 0.1) is 16.3 Å². The molecule has 0 bridgehead atoms. The SMILES string of the molecule is O=C1NC(=S)N(c2ccc(F)cc2)C(=O)C1=Cc1ccc(OCc2cccc(C(=O)O)c2)c(Cl)c1. The number of rotatable bonds is 6. The van der Waals surface area contributed by atoms with Gasteiger partial charge in [0, 0.05) is 0 Å². The van der Waals surface area contributed by atoms with Gasteiger partial charge in [0.15, 0.2) is 5.11 Å². The van der Waals surface area contributed by atoms with Gasteiger partial charge in [0.1, 0.15) is 23.7 Å². The Balaban J connectivity index is 1.54. The molecule has 1 saturated heterocycles. The predicted octanol–water partition coefficient (Wildman–Crippen LogP) is 4.59. The van der Waals surface area contributed by atoms with Crippen LogP contribution in [0.2, 0.25) is 5.02 Å². The Labute approximate surface area is 209 Å². The van der Waals surface area contributed by atoms with Crippen molar-refractivity contribution in [1.29, 1.82) is 0 Å². The summed E-state index contributed by atoms with van der Waals surface area (Å²) in [6.07, 6.45) is 1.36. The smallest absolute Gasteiger partial charge is 0.335 e. The fraction of sp³-hybridized carbons (Fsp3) is 0.0400. The number of hydrogen-bond donors (Lipinski definition) is 2. The topological polar surface area (TPSA) is 95.9 Å². The van der Waals surface area contributed by atoms with Crippen LogP contribution in [0.4, 0.5) is 10.1 Å². The molecule has 1 aliphatic rings. The van der Waals surface area contributed by atoms with Gasteiger partial charge in [-0.05, 0) is 78.0 Å². The molecule has 0 aliphatic carbocycles. The Morgan fingerprint density at radius 2 is 1.86 bits per heavy atom. The number of amides is 2. The third kappa shape index (κ3) is 5.37. The second-order valence-corrected chi connectivity index (χ2v) is 8.21. The monoisotopic (exact) mass is 510 g/mol. The molecular formula is C25H16ClFN2O5S. The molecule has 0 spiro atoms. The molecule has 7 nitrogen and oxygen atoms in total. The molecule has 10 heteroatoms. The van der Waals surface area contributed by atoms with Crippen molar-refractivity contribution >= 4 is 58.5 Å². The highest BCUT2D eigenvalue weighted by molar-refractivity contribution is 7.80. The van der Waals surface area contributed by atoms with Gasteiger partial charge in [-0.1, -0.05) is 29.8 Å². The van der Waals surface area contributed by atoms with Crippen LogP contribution in [0, 0.1) is 5.82 Å². The molecule has 0 unspecified atom stereocenters. The number of carbonyl (C=O) groups is 3. The Bertz CT molecular complexity index is 1390. The highest BCUT2D eigenvalue weighted by Crippen LogP contribution is 2.28. The van der Waals surface area contributed by atoms with Crippen LogP contribution in [0.25, 0.3) is 6.08 Å². The van der Waals surface area contributed by atoms with E-state index in [9.17, 15) is 18.8 Å². The molecule has 2 N–H and O–H groups in total. The van der Waals surface area contributed by atoms with Crippen molar-refractivity contribution in [3.63, 3.8) is 0 Å². The summed E-state index contributed by atoms with van der Waals surface area (Å²) in [7, 11) is 0. The summed E-state index contributed by atoms with van der Waals surface area (Å²) in [6, 6.07) is 16.1. The number of carbonyl (C=O) groups excluding carboxylic acids is 2. The van der Waals surface area contributed by atoms with Crippen molar-refractivity contribution in [2.24, 2.45) is 0 Å². The third-order valence-electron chi connectivity index (χ3n) is 5.02. The number of thiocarbonyl (C=S) groups is 1. The van der Waals surface area contributed by atoms with Crippen LogP contribution in [0.3, 0.4) is 0 Å². The summed E-state index contributed by atoms with van der Waals surface area (Å²) in [6.45, 7) is 0.0895. The second kappa shape index (κ2) is 10.0. The quantitative estimate of drug-likeness (QED) is 0.286. The van der Waals surface area contributed by atoms with E-state index in [1.165, 1.54) is 48.5 Å². The molecule has 3 aromatic rings. The van der Waals surface area contributed by atoms with Crippen LogP contribution < -0.4 is 15.0 Å². The normalized spacial score (nSPS) is 14.7. The third-order valence-corrected chi connectivity index (χ3v) is 5.60. The standard InChI is InChI=1S/C25H16ClFN2O5S/c26-20-12-14(4-9-21(20)34-13-15-2-1-3-16(10-15)24(32)33)11-19-22(30)28-25(35)29(23(19)31)18-7-5-17(27)6-8-18/h1-12H,13H2,(H,32,33)(H,28,30,35). The van der Waals surface area contributed by atoms with E-state index in [0.717, 1.165) is 4.90 Å². The summed E-state index contributed by atoms with van der Waals surface area (Å²) in [5, 5.41) is 11.7. The van der Waals surface area contributed by atoms with E-state index >= 15 is 0 Å². The van der Waals surface area contributed by atoms with Crippen LogP contribution in [0.1, 0.15) is 21.5 Å². The molecule has 4 rings (SSSR count). The van der Waals surface area contributed by atoms with Crippen molar-refractivity contribution in [3.05, 3.63) is 99.8 Å². The number of hydrogen-bond acceptors (Lipinski definition) is 5. The number of benzene rings is 3. The van der Waals surface area contributed by atoms with Crippen molar-refractivity contribution < 1.29 is 28.6 Å². The Morgan fingerprint density at radius 1 is 1.11 bits per heavy atom. The first-order valence-electron chi connectivity index (χ1n) is 10.1. The van der Waals surface area contributed by atoms with Gasteiger partial charge in [0.2, 0.25) is 0 Å². The lowest BCUT2D eigenvalue weighted by Crippen LogP contribution is -2.54. The fourth-order valence-electron chi connectivity index (χ4n) is 3.33. The van der Waals surface area contributed by atoms with Crippen molar-refractivity contribution in [1.82, 2.24) is 5.32 Å². The van der Waals surface area contributed by atoms with Crippen molar-refractivity contribution in [3.8, 4) is 5.75 Å². The molecule has 0 atom stereocenters. The largest absolute Gasteiger partial charge is 0.487 e. The molecule has 1 heterocycles. The summed E-state index contributed by atoms with van der Waals surface area (Å²) >= 11 is 11.5. The predicted molar refractivity (Wildman–Crippen MR) is 132 cm³/mol. The molecule has 3 aromatic carbocycles. The Kier molecular flexibility index (Phi) is 6.90. The Morgan fingerprint density at radius 3 is 2.54 bits per heavy atom. The average molecular weight is 511 g/mol. The first kappa shape index (κ1) is 24.1. The van der Waals surface area contributed by atoms with Crippen LogP contribution >= 0.6 is 23.8 Å². The maximum absolute atomic E-state index is 13.3. The van der Waals surface area contributed by atoms with Gasteiger partial charge in [-0.2, -0.15) is 0 Å². The molecule has 35 heavy (non-hydrogen) atoms. The highest BCUT2D eigenvalue weighted by Gasteiger charge is 2.34. The zero-order valence-electron chi connectivity index (χ0n) is 17.8. The van der Waals surface area contributed by atoms with Gasteiger partial charge in [0.25, 0.3) is 11.8 Å². The van der Waals surface area contributed by atoms with E-state index in [4.69, 9.17) is 33.7 Å². The number of anilines is 1. The zero-order valence-corrected chi connectivity index (χ0v) is 19.4. The molecule has 1 aliphatic heterocycles. The average Bonchev–Trinajstić information content (AvgIpc) is 2.82. The summed E-state index contributed by atoms with van der Waals surface area (Å²) in [4.78, 5) is 37.7. The maximum Gasteiger partial charge on any atom is 0.335 e. The van der Waals surface area contributed by atoms with Crippen molar-refractivity contribution in [2.75, 3.05) is 4.90 Å². The van der Waals surface area contributed by atoms with Gasteiger partial charge in [-0.15, -0.1) is 0 Å². The van der Waals surface area contributed by atoms with Gasteiger partial charge in [-0.25, -0.2) is 9.18 Å². The van der Waals surface area contributed by atoms with Crippen LogP contribution in [0.5, 0.6) is 5.75 Å². The lowest BCUT2D eigenvalue weighted by molar-refractivity contribution is -0.122. The van der Waals surface area contributed by atoms with Gasteiger partial charge < -0.3 is 9.84 Å². The van der Waals surface area contributed by atoms with E-state index in [2.05, 4.69) is 5.32 Å². The maximum atomic E-state index is 13.3. The molecule has 176 valence electrons. The van der Waals surface area contributed by atoms with Crippen LogP contribution in [-0.2, 0) is 16.2 Å². The number of halogens is 2. The number of carboxylic acid groups (broad SMARTS) is 1. The van der Waals surface area contributed by atoms with E-state index in [0.29, 0.717) is 22.6 Å². The molecule has 0 radical (unpaired) electrons. The minimum Gasteiger partial charge on any atom is -0.487 e.